The van der Waals surface area contributed by atoms with Crippen LogP contribution in [-0.4, -0.2) is 65.7 Å². The molecule has 1 fully saturated rings. The van der Waals surface area contributed by atoms with E-state index in [0.29, 0.717) is 12.6 Å². The summed E-state index contributed by atoms with van der Waals surface area (Å²) in [5.74, 6) is 0. The molecule has 0 spiro atoms. The van der Waals surface area contributed by atoms with Gasteiger partial charge >= 0.3 is 0 Å². The quantitative estimate of drug-likeness (QED) is 0.709. The van der Waals surface area contributed by atoms with Crippen LogP contribution in [0.3, 0.4) is 0 Å². The number of aryl methyl sites for hydroxylation is 1. The highest BCUT2D eigenvalue weighted by Crippen LogP contribution is 2.20. The lowest BCUT2D eigenvalue weighted by atomic mass is 10.1. The maximum atomic E-state index is 12.9. The molecule has 1 aromatic carbocycles. The summed E-state index contributed by atoms with van der Waals surface area (Å²) in [6, 6.07) is 10.7. The van der Waals surface area contributed by atoms with Gasteiger partial charge in [-0.25, -0.2) is 13.4 Å². The lowest BCUT2D eigenvalue weighted by Crippen LogP contribution is -2.49. The average Bonchev–Trinajstić information content (AvgIpc) is 3.07. The van der Waals surface area contributed by atoms with Gasteiger partial charge in [0.05, 0.1) is 17.1 Å². The fourth-order valence-electron chi connectivity index (χ4n) is 3.58. The molecule has 154 valence electrons. The van der Waals surface area contributed by atoms with Crippen molar-refractivity contribution in [1.29, 1.82) is 0 Å². The molecule has 0 unspecified atom stereocenters. The predicted molar refractivity (Wildman–Crippen MR) is 112 cm³/mol. The van der Waals surface area contributed by atoms with Crippen LogP contribution in [0.2, 0.25) is 0 Å². The van der Waals surface area contributed by atoms with Crippen molar-refractivity contribution in [2.24, 2.45) is 0 Å². The molecule has 0 bridgehead atoms. The molecule has 6 nitrogen and oxygen atoms in total. The first-order chi connectivity index (χ1) is 13.3. The van der Waals surface area contributed by atoms with Crippen LogP contribution in [0.15, 0.2) is 41.7 Å². The van der Waals surface area contributed by atoms with Gasteiger partial charge in [-0.15, -0.1) is 0 Å². The third-order valence-electron chi connectivity index (χ3n) is 5.67. The van der Waals surface area contributed by atoms with E-state index in [1.165, 1.54) is 5.56 Å². The van der Waals surface area contributed by atoms with Crippen molar-refractivity contribution in [3.05, 3.63) is 47.8 Å². The zero-order chi connectivity index (χ0) is 20.3. The second-order valence-corrected chi connectivity index (χ2v) is 10.5. The van der Waals surface area contributed by atoms with Crippen molar-refractivity contribution in [2.45, 2.75) is 56.7 Å². The molecule has 1 aromatic heterocycles. The molecule has 28 heavy (non-hydrogen) atoms. The van der Waals surface area contributed by atoms with E-state index in [-0.39, 0.29) is 5.16 Å². The third-order valence-corrected chi connectivity index (χ3v) is 7.75. The number of rotatable bonds is 7. The van der Waals surface area contributed by atoms with E-state index in [2.05, 4.69) is 40.9 Å². The van der Waals surface area contributed by atoms with Gasteiger partial charge in [-0.05, 0) is 39.8 Å². The Kier molecular flexibility index (Phi) is 6.58. The minimum atomic E-state index is -3.43. The van der Waals surface area contributed by atoms with Crippen LogP contribution < -0.4 is 0 Å². The largest absolute Gasteiger partial charge is 0.317 e. The summed E-state index contributed by atoms with van der Waals surface area (Å²) in [6.07, 6.45) is 2.53. The highest BCUT2D eigenvalue weighted by molar-refractivity contribution is 7.91. The van der Waals surface area contributed by atoms with Crippen molar-refractivity contribution in [1.82, 2.24) is 19.4 Å². The van der Waals surface area contributed by atoms with E-state index in [9.17, 15) is 8.42 Å². The Bertz CT molecular complexity index is 877. The Morgan fingerprint density at radius 1 is 1.18 bits per heavy atom. The first-order valence-corrected chi connectivity index (χ1v) is 11.6. The van der Waals surface area contributed by atoms with Gasteiger partial charge in [0.1, 0.15) is 0 Å². The first-order valence-electron chi connectivity index (χ1n) is 10.0. The Hall–Kier alpha value is -1.70. The predicted octanol–water partition coefficient (Wildman–Crippen LogP) is 2.44. The van der Waals surface area contributed by atoms with Gasteiger partial charge in [-0.3, -0.25) is 4.90 Å². The minimum Gasteiger partial charge on any atom is -0.317 e. The van der Waals surface area contributed by atoms with Crippen LogP contribution in [0, 0.1) is 0 Å². The van der Waals surface area contributed by atoms with E-state index in [1.807, 2.05) is 22.8 Å². The van der Waals surface area contributed by atoms with Crippen molar-refractivity contribution in [3.8, 4) is 0 Å². The van der Waals surface area contributed by atoms with Crippen molar-refractivity contribution in [3.63, 3.8) is 0 Å². The normalized spacial score (nSPS) is 19.4. The number of hydrogen-bond donors (Lipinski definition) is 0. The van der Waals surface area contributed by atoms with Gasteiger partial charge in [0.2, 0.25) is 15.0 Å². The molecule has 1 aliphatic rings. The number of imidazole rings is 1. The summed E-state index contributed by atoms with van der Waals surface area (Å²) >= 11 is 0. The second-order valence-electron chi connectivity index (χ2n) is 8.08. The van der Waals surface area contributed by atoms with E-state index in [0.717, 1.165) is 38.3 Å². The average molecular weight is 405 g/mol. The molecule has 0 aliphatic carbocycles. The van der Waals surface area contributed by atoms with Crippen LogP contribution in [0.1, 0.15) is 32.0 Å². The topological polar surface area (TPSA) is 58.4 Å². The molecular weight excluding hydrogens is 372 g/mol. The Morgan fingerprint density at radius 3 is 2.54 bits per heavy atom. The summed E-state index contributed by atoms with van der Waals surface area (Å²) in [7, 11) is -1.27. The van der Waals surface area contributed by atoms with Crippen LogP contribution >= 0.6 is 0 Å². The standard InChI is InChI=1S/C21H32N4O2S/c1-17(2)28(26,27)21-22-14-20(16-24-13-12-23(4)18(3)15-24)25(21)11-10-19-8-6-5-7-9-19/h5-9,14,17-18H,10-13,15-16H2,1-4H3/t18-/m0/s1. The number of sulfone groups is 1. The SMILES string of the molecule is CC(C)S(=O)(=O)c1ncc(CN2CCN(C)[C@@H](C)C2)n1CCc1ccccc1. The van der Waals surface area contributed by atoms with Crippen LogP contribution in [0.5, 0.6) is 0 Å². The van der Waals surface area contributed by atoms with Gasteiger partial charge in [0, 0.05) is 38.8 Å². The first kappa shape index (κ1) is 21.0. The lowest BCUT2D eigenvalue weighted by molar-refractivity contribution is 0.0980. The van der Waals surface area contributed by atoms with Crippen LogP contribution in [-0.2, 0) is 29.3 Å². The number of piperazine rings is 1. The van der Waals surface area contributed by atoms with E-state index >= 15 is 0 Å². The molecule has 1 atom stereocenters. The lowest BCUT2D eigenvalue weighted by Gasteiger charge is -2.37. The molecule has 0 saturated carbocycles. The molecule has 3 rings (SSSR count). The van der Waals surface area contributed by atoms with Crippen LogP contribution in [0.25, 0.3) is 0 Å². The number of hydrogen-bond acceptors (Lipinski definition) is 5. The van der Waals surface area contributed by atoms with Crippen LogP contribution in [0.4, 0.5) is 0 Å². The number of likely N-dealkylation sites (N-methyl/N-ethyl adjacent to an activating group) is 1. The van der Waals surface area contributed by atoms with Gasteiger partial charge in [0.25, 0.3) is 0 Å². The van der Waals surface area contributed by atoms with Gasteiger partial charge < -0.3 is 9.47 Å². The molecule has 0 N–H and O–H groups in total. The molecule has 1 saturated heterocycles. The maximum Gasteiger partial charge on any atom is 0.228 e. The van der Waals surface area contributed by atoms with Crippen molar-refractivity contribution < 1.29 is 8.42 Å². The fourth-order valence-corrected chi connectivity index (χ4v) is 4.71. The molecular formula is C21H32N4O2S. The van der Waals surface area contributed by atoms with E-state index in [1.54, 1.807) is 20.0 Å². The van der Waals surface area contributed by atoms with E-state index in [4.69, 9.17) is 0 Å². The molecule has 1 aliphatic heterocycles. The molecule has 2 heterocycles. The molecule has 0 radical (unpaired) electrons. The second kappa shape index (κ2) is 8.76. The highest BCUT2D eigenvalue weighted by atomic mass is 32.2. The maximum absolute atomic E-state index is 12.9. The summed E-state index contributed by atoms with van der Waals surface area (Å²) in [4.78, 5) is 9.11. The fraction of sp³-hybridized carbons (Fsp3) is 0.571. The van der Waals surface area contributed by atoms with E-state index < -0.39 is 15.1 Å². The van der Waals surface area contributed by atoms with Gasteiger partial charge in [0.15, 0.2) is 0 Å². The van der Waals surface area contributed by atoms with Gasteiger partial charge in [-0.1, -0.05) is 30.3 Å². The number of benzene rings is 1. The Morgan fingerprint density at radius 2 is 1.89 bits per heavy atom. The minimum absolute atomic E-state index is 0.204. The molecule has 7 heteroatoms. The summed E-state index contributed by atoms with van der Waals surface area (Å²) in [6.45, 7) is 9.99. The number of nitrogens with zero attached hydrogens (tertiary/aromatic N) is 4. The number of aromatic nitrogens is 2. The third kappa shape index (κ3) is 4.64. The monoisotopic (exact) mass is 404 g/mol. The summed E-state index contributed by atoms with van der Waals surface area (Å²) in [5, 5.41) is -0.280. The Balaban J connectivity index is 1.86. The zero-order valence-corrected chi connectivity index (χ0v) is 18.2. The summed E-state index contributed by atoms with van der Waals surface area (Å²) < 4.78 is 27.6. The Labute approximate surface area is 169 Å². The van der Waals surface area contributed by atoms with Crippen molar-refractivity contribution >= 4 is 9.84 Å². The highest BCUT2D eigenvalue weighted by Gasteiger charge is 2.28. The van der Waals surface area contributed by atoms with Crippen molar-refractivity contribution in [2.75, 3.05) is 26.7 Å². The smallest absolute Gasteiger partial charge is 0.228 e. The molecule has 2 aromatic rings. The molecule has 0 amide bonds. The zero-order valence-electron chi connectivity index (χ0n) is 17.4. The van der Waals surface area contributed by atoms with Gasteiger partial charge in [-0.2, -0.15) is 0 Å². The summed E-state index contributed by atoms with van der Waals surface area (Å²) in [5.41, 5.74) is 2.18.